The third-order valence-electron chi connectivity index (χ3n) is 13.5. The minimum Gasteiger partial charge on any atom is -0.479 e. The average molecular weight is 684 g/mol. The van der Waals surface area contributed by atoms with Crippen LogP contribution in [0.25, 0.3) is 0 Å². The lowest BCUT2D eigenvalue weighted by Gasteiger charge is -2.69. The van der Waals surface area contributed by atoms with Gasteiger partial charge in [0.05, 0.1) is 23.6 Å². The van der Waals surface area contributed by atoms with Gasteiger partial charge in [-0.25, -0.2) is 19.7 Å². The first-order valence-corrected chi connectivity index (χ1v) is 17.6. The van der Waals surface area contributed by atoms with E-state index in [-0.39, 0.29) is 23.2 Å². The lowest BCUT2D eigenvalue weighted by atomic mass is 9.36. The highest BCUT2D eigenvalue weighted by Gasteiger charge is 2.83. The van der Waals surface area contributed by atoms with Gasteiger partial charge in [0.15, 0.2) is 5.69 Å². The normalized spacial score (nSPS) is 33.8. The van der Waals surface area contributed by atoms with Gasteiger partial charge in [-0.1, -0.05) is 0 Å². The number of carbonyl (C=O) groups excluding carboxylic acids is 1. The first-order valence-electron chi connectivity index (χ1n) is 17.6. The van der Waals surface area contributed by atoms with Crippen molar-refractivity contribution in [3.05, 3.63) is 35.3 Å². The third kappa shape index (κ3) is 4.51. The summed E-state index contributed by atoms with van der Waals surface area (Å²) in [5.74, 6) is -1.13. The SMILES string of the molecule is O=C(NC1(C(=O)O)C2CC3CC4CC1C34C2)c1cnc(N2CC3(CCOCC3)c3nc(OCCC4CCOCC4)ccc32)nc1C(F)(F)F. The molecular formula is C35H40F3N5O6. The van der Waals surface area contributed by atoms with Crippen molar-refractivity contribution in [2.45, 2.75) is 74.9 Å². The number of carbonyl (C=O) groups is 2. The molecule has 2 saturated heterocycles. The molecule has 11 nitrogen and oxygen atoms in total. The highest BCUT2D eigenvalue weighted by Crippen LogP contribution is 2.83. The highest BCUT2D eigenvalue weighted by atomic mass is 19.4. The maximum absolute atomic E-state index is 14.7. The fourth-order valence-electron chi connectivity index (χ4n) is 11.1. The minimum absolute atomic E-state index is 0.0867. The fourth-order valence-corrected chi connectivity index (χ4v) is 11.1. The van der Waals surface area contributed by atoms with E-state index < -0.39 is 40.3 Å². The summed E-state index contributed by atoms with van der Waals surface area (Å²) in [6, 6.07) is 3.51. The molecule has 49 heavy (non-hydrogen) atoms. The molecule has 7 aliphatic rings. The van der Waals surface area contributed by atoms with Gasteiger partial charge in [0.25, 0.3) is 5.91 Å². The monoisotopic (exact) mass is 683 g/mol. The lowest BCUT2D eigenvalue weighted by Crippen LogP contribution is -2.73. The predicted molar refractivity (Wildman–Crippen MR) is 166 cm³/mol. The van der Waals surface area contributed by atoms with Crippen LogP contribution in [0, 0.1) is 35.0 Å². The van der Waals surface area contributed by atoms with Crippen LogP contribution in [-0.2, 0) is 25.9 Å². The van der Waals surface area contributed by atoms with Gasteiger partial charge in [0.2, 0.25) is 11.8 Å². The maximum Gasteiger partial charge on any atom is 0.434 e. The summed E-state index contributed by atoms with van der Waals surface area (Å²) in [6.45, 7) is 3.28. The number of aliphatic carboxylic acids is 1. The number of nitrogens with one attached hydrogen (secondary N) is 1. The number of nitrogens with zero attached hydrogens (tertiary/aromatic N) is 4. The molecule has 6 fully saturated rings. The van der Waals surface area contributed by atoms with Crippen LogP contribution in [0.15, 0.2) is 18.3 Å². The minimum atomic E-state index is -4.99. The van der Waals surface area contributed by atoms with Gasteiger partial charge in [0.1, 0.15) is 5.54 Å². The molecule has 4 saturated carbocycles. The molecule has 1 amide bonds. The summed E-state index contributed by atoms with van der Waals surface area (Å²) in [5, 5.41) is 13.1. The molecule has 0 radical (unpaired) electrons. The van der Waals surface area contributed by atoms with Crippen LogP contribution in [-0.4, -0.2) is 77.1 Å². The summed E-state index contributed by atoms with van der Waals surface area (Å²) >= 11 is 0. The quantitative estimate of drug-likeness (QED) is 0.395. The van der Waals surface area contributed by atoms with Crippen molar-refractivity contribution in [3.8, 4) is 5.88 Å². The van der Waals surface area contributed by atoms with Crippen LogP contribution < -0.4 is 15.0 Å². The summed E-state index contributed by atoms with van der Waals surface area (Å²) < 4.78 is 61.2. The number of carboxylic acids is 1. The van der Waals surface area contributed by atoms with Crippen LogP contribution in [0.3, 0.4) is 0 Å². The molecule has 6 unspecified atom stereocenters. The zero-order valence-electron chi connectivity index (χ0n) is 27.1. The number of alkyl halides is 3. The third-order valence-corrected chi connectivity index (χ3v) is 13.5. The van der Waals surface area contributed by atoms with Gasteiger partial charge < -0.3 is 29.5 Å². The summed E-state index contributed by atoms with van der Waals surface area (Å²) in [5.41, 5.74) is -3.02. The second-order valence-corrected chi connectivity index (χ2v) is 15.4. The number of anilines is 2. The molecule has 2 bridgehead atoms. The smallest absolute Gasteiger partial charge is 0.434 e. The van der Waals surface area contributed by atoms with Gasteiger partial charge in [0, 0.05) is 50.7 Å². The van der Waals surface area contributed by atoms with Crippen molar-refractivity contribution in [2.75, 3.05) is 44.5 Å². The molecule has 14 heteroatoms. The molecule has 6 atom stereocenters. The van der Waals surface area contributed by atoms with Crippen LogP contribution in [0.2, 0.25) is 0 Å². The Morgan fingerprint density at radius 1 is 1.02 bits per heavy atom. The molecule has 9 rings (SSSR count). The Kier molecular flexibility index (Phi) is 7.06. The molecule has 2 aromatic rings. The molecular weight excluding hydrogens is 643 g/mol. The van der Waals surface area contributed by atoms with E-state index in [2.05, 4.69) is 15.3 Å². The number of pyridine rings is 1. The van der Waals surface area contributed by atoms with E-state index in [4.69, 9.17) is 19.2 Å². The Hall–Kier alpha value is -3.52. The van der Waals surface area contributed by atoms with Crippen molar-refractivity contribution in [3.63, 3.8) is 0 Å². The van der Waals surface area contributed by atoms with E-state index >= 15 is 0 Å². The van der Waals surface area contributed by atoms with E-state index in [0.29, 0.717) is 93.5 Å². The molecule has 4 aliphatic carbocycles. The topological polar surface area (TPSA) is 136 Å². The Morgan fingerprint density at radius 3 is 2.47 bits per heavy atom. The fraction of sp³-hybridized carbons (Fsp3) is 0.686. The van der Waals surface area contributed by atoms with Gasteiger partial charge in [-0.05, 0) is 98.9 Å². The lowest BCUT2D eigenvalue weighted by molar-refractivity contribution is -0.209. The number of fused-ring (bicyclic) bond motifs is 3. The van der Waals surface area contributed by atoms with Gasteiger partial charge in [-0.15, -0.1) is 0 Å². The summed E-state index contributed by atoms with van der Waals surface area (Å²) in [4.78, 5) is 41.3. The second-order valence-electron chi connectivity index (χ2n) is 15.4. The van der Waals surface area contributed by atoms with E-state index in [1.165, 1.54) is 0 Å². The Bertz CT molecular complexity index is 1700. The first-order chi connectivity index (χ1) is 23.5. The standard InChI is InChI=1S/C35H40F3N5O6/c36-35(37,38)27-23(29(44)42-34(30(45)46)22-14-20-13-21-15-25(34)33(20,21)16-22)17-39-31(41-27)43-18-32(6-11-48-12-7-32)28-24(43)1-2-26(40-28)49-10-5-19-3-8-47-9-4-19/h1-2,17,19-22,25H,3-16,18H2,(H,42,44)(H,45,46). The molecule has 2 spiro atoms. The second kappa shape index (κ2) is 11.0. The van der Waals surface area contributed by atoms with Crippen LogP contribution >= 0.6 is 0 Å². The molecule has 2 aromatic heterocycles. The number of hydrogen-bond donors (Lipinski definition) is 2. The summed E-state index contributed by atoms with van der Waals surface area (Å²) in [7, 11) is 0. The van der Waals surface area contributed by atoms with Gasteiger partial charge >= 0.3 is 12.1 Å². The van der Waals surface area contributed by atoms with Crippen LogP contribution in [0.1, 0.15) is 79.5 Å². The Balaban J connectivity index is 1.00. The molecule has 0 aromatic carbocycles. The number of halogens is 3. The summed E-state index contributed by atoms with van der Waals surface area (Å²) in [6.07, 6.45) is 3.18. The number of rotatable bonds is 8. The van der Waals surface area contributed by atoms with Gasteiger partial charge in [-0.3, -0.25) is 4.79 Å². The Labute approximate surface area is 281 Å². The van der Waals surface area contributed by atoms with Crippen molar-refractivity contribution in [1.82, 2.24) is 20.3 Å². The number of carboxylic acid groups (broad SMARTS) is 1. The molecule has 2 N–H and O–H groups in total. The van der Waals surface area contributed by atoms with Crippen molar-refractivity contribution in [1.29, 1.82) is 0 Å². The van der Waals surface area contributed by atoms with E-state index in [1.54, 1.807) is 17.0 Å². The van der Waals surface area contributed by atoms with E-state index in [0.717, 1.165) is 45.1 Å². The van der Waals surface area contributed by atoms with E-state index in [9.17, 15) is 27.9 Å². The first kappa shape index (κ1) is 31.5. The largest absolute Gasteiger partial charge is 0.479 e. The number of aromatic nitrogens is 3. The average Bonchev–Trinajstić information content (AvgIpc) is 3.69. The molecule has 3 aliphatic heterocycles. The number of amides is 1. The zero-order valence-corrected chi connectivity index (χ0v) is 27.1. The number of hydrogen-bond acceptors (Lipinski definition) is 9. The van der Waals surface area contributed by atoms with Crippen molar-refractivity contribution < 1.29 is 42.1 Å². The van der Waals surface area contributed by atoms with Gasteiger partial charge in [-0.2, -0.15) is 13.2 Å². The van der Waals surface area contributed by atoms with Crippen LogP contribution in [0.5, 0.6) is 5.88 Å². The van der Waals surface area contributed by atoms with Crippen molar-refractivity contribution >= 4 is 23.5 Å². The molecule has 262 valence electrons. The predicted octanol–water partition coefficient (Wildman–Crippen LogP) is 4.91. The highest BCUT2D eigenvalue weighted by molar-refractivity contribution is 5.99. The number of ether oxygens (including phenoxy) is 3. The van der Waals surface area contributed by atoms with E-state index in [1.807, 2.05) is 0 Å². The van der Waals surface area contributed by atoms with Crippen LogP contribution in [0.4, 0.5) is 24.8 Å². The zero-order chi connectivity index (χ0) is 33.8. The maximum atomic E-state index is 14.7. The molecule has 5 heterocycles. The van der Waals surface area contributed by atoms with Crippen molar-refractivity contribution in [2.24, 2.45) is 35.0 Å². The Morgan fingerprint density at radius 2 is 1.76 bits per heavy atom.